The summed E-state index contributed by atoms with van der Waals surface area (Å²) in [6.45, 7) is 0. The van der Waals surface area contributed by atoms with Crippen molar-refractivity contribution >= 4 is 47.9 Å². The first-order valence-electron chi connectivity index (χ1n) is 6.33. The Morgan fingerprint density at radius 3 is 2.59 bits per heavy atom. The molecule has 22 heavy (non-hydrogen) atoms. The Morgan fingerprint density at radius 2 is 1.82 bits per heavy atom. The molecule has 0 amide bonds. The van der Waals surface area contributed by atoms with Gasteiger partial charge in [-0.15, -0.1) is 0 Å². The van der Waals surface area contributed by atoms with Gasteiger partial charge < -0.3 is 11.5 Å². The number of pyridine rings is 1. The highest BCUT2D eigenvalue weighted by molar-refractivity contribution is 9.10. The average Bonchev–Trinajstić information content (AvgIpc) is 2.50. The molecule has 0 unspecified atom stereocenters. The molecule has 7 heteroatoms. The molecule has 0 spiro atoms. The number of rotatable bonds is 2. The molecule has 0 bridgehead atoms. The minimum atomic E-state index is -3.78. The number of fused-ring (bicyclic) bond motifs is 1. The lowest BCUT2D eigenvalue weighted by molar-refractivity contribution is 0.596. The van der Waals surface area contributed by atoms with Gasteiger partial charge in [-0.25, -0.2) is 8.42 Å². The normalized spacial score (nSPS) is 11.7. The van der Waals surface area contributed by atoms with E-state index in [1.165, 1.54) is 12.1 Å². The molecule has 5 nitrogen and oxygen atoms in total. The highest BCUT2D eigenvalue weighted by Crippen LogP contribution is 2.36. The first-order valence-corrected chi connectivity index (χ1v) is 8.61. The van der Waals surface area contributed by atoms with Crippen LogP contribution in [-0.4, -0.2) is 13.4 Å². The quantitative estimate of drug-likeness (QED) is 0.668. The van der Waals surface area contributed by atoms with Gasteiger partial charge in [-0.05, 0) is 40.2 Å². The van der Waals surface area contributed by atoms with Crippen LogP contribution in [0.15, 0.2) is 63.1 Å². The summed E-state index contributed by atoms with van der Waals surface area (Å²) in [6, 6.07) is 9.63. The Balaban J connectivity index is 2.35. The van der Waals surface area contributed by atoms with E-state index in [1.54, 1.807) is 30.6 Å². The highest BCUT2D eigenvalue weighted by Gasteiger charge is 2.24. The van der Waals surface area contributed by atoms with Gasteiger partial charge in [0.15, 0.2) is 0 Å². The van der Waals surface area contributed by atoms with Crippen LogP contribution >= 0.6 is 15.9 Å². The SMILES string of the molecule is Nc1cc(N)c(Br)c(S(=O)(=O)c2cccc3cnccc23)c1. The van der Waals surface area contributed by atoms with E-state index in [-0.39, 0.29) is 15.5 Å². The number of hydrogen-bond acceptors (Lipinski definition) is 5. The summed E-state index contributed by atoms with van der Waals surface area (Å²) in [6.07, 6.45) is 3.18. The van der Waals surface area contributed by atoms with E-state index in [9.17, 15) is 8.42 Å². The van der Waals surface area contributed by atoms with Crippen LogP contribution in [0, 0.1) is 0 Å². The monoisotopic (exact) mass is 377 g/mol. The molecule has 3 aromatic rings. The van der Waals surface area contributed by atoms with Gasteiger partial charge in [0.25, 0.3) is 0 Å². The fraction of sp³-hybridized carbons (Fsp3) is 0. The van der Waals surface area contributed by atoms with E-state index in [0.717, 1.165) is 5.39 Å². The summed E-state index contributed by atoms with van der Waals surface area (Å²) in [5, 5.41) is 1.35. The molecule has 0 aliphatic heterocycles. The van der Waals surface area contributed by atoms with Gasteiger partial charge in [-0.2, -0.15) is 0 Å². The number of aromatic nitrogens is 1. The fourth-order valence-electron chi connectivity index (χ4n) is 2.28. The third kappa shape index (κ3) is 2.32. The minimum absolute atomic E-state index is 0.0503. The van der Waals surface area contributed by atoms with E-state index in [4.69, 9.17) is 11.5 Å². The summed E-state index contributed by atoms with van der Waals surface area (Å²) < 4.78 is 26.3. The van der Waals surface area contributed by atoms with E-state index in [2.05, 4.69) is 20.9 Å². The second kappa shape index (κ2) is 5.26. The molecule has 3 rings (SSSR count). The van der Waals surface area contributed by atoms with Gasteiger partial charge in [-0.1, -0.05) is 12.1 Å². The molecule has 4 N–H and O–H groups in total. The Labute approximate surface area is 136 Å². The molecule has 0 aliphatic carbocycles. The van der Waals surface area contributed by atoms with Crippen LogP contribution in [0.2, 0.25) is 0 Å². The summed E-state index contributed by atoms with van der Waals surface area (Å²) in [5.74, 6) is 0. The zero-order valence-electron chi connectivity index (χ0n) is 11.3. The van der Waals surface area contributed by atoms with Crippen LogP contribution in [0.5, 0.6) is 0 Å². The lowest BCUT2D eigenvalue weighted by Gasteiger charge is -2.12. The second-order valence-electron chi connectivity index (χ2n) is 4.78. The van der Waals surface area contributed by atoms with Crippen molar-refractivity contribution in [2.75, 3.05) is 11.5 Å². The predicted octanol–water partition coefficient (Wildman–Crippen LogP) is 2.99. The lowest BCUT2D eigenvalue weighted by atomic mass is 10.2. The number of benzene rings is 2. The van der Waals surface area contributed by atoms with Gasteiger partial charge in [0.2, 0.25) is 9.84 Å². The molecular weight excluding hydrogens is 366 g/mol. The van der Waals surface area contributed by atoms with Crippen LogP contribution < -0.4 is 11.5 Å². The standard InChI is InChI=1S/C15H12BrN3O2S/c16-15-12(18)6-10(17)7-14(15)22(20,21)13-3-1-2-9-8-19-5-4-11(9)13/h1-8H,17-18H2. The summed E-state index contributed by atoms with van der Waals surface area (Å²) in [4.78, 5) is 4.25. The summed E-state index contributed by atoms with van der Waals surface area (Å²) in [7, 11) is -3.78. The van der Waals surface area contributed by atoms with Crippen LogP contribution in [0.3, 0.4) is 0 Å². The molecule has 0 aliphatic rings. The molecule has 0 fully saturated rings. The summed E-state index contributed by atoms with van der Waals surface area (Å²) in [5.41, 5.74) is 12.1. The van der Waals surface area contributed by atoms with Gasteiger partial charge in [0.05, 0.1) is 14.3 Å². The van der Waals surface area contributed by atoms with Crippen LogP contribution in [0.1, 0.15) is 0 Å². The maximum absolute atomic E-state index is 13.0. The third-order valence-electron chi connectivity index (χ3n) is 3.31. The number of nitrogens with zero attached hydrogens (tertiary/aromatic N) is 1. The molecule has 1 aromatic heterocycles. The number of nitrogen functional groups attached to an aromatic ring is 2. The van der Waals surface area contributed by atoms with Crippen molar-refractivity contribution < 1.29 is 8.42 Å². The maximum Gasteiger partial charge on any atom is 0.208 e. The Morgan fingerprint density at radius 1 is 1.05 bits per heavy atom. The lowest BCUT2D eigenvalue weighted by Crippen LogP contribution is -2.06. The van der Waals surface area contributed by atoms with Crippen LogP contribution in [-0.2, 0) is 9.84 Å². The molecule has 1 heterocycles. The number of anilines is 2. The zero-order valence-corrected chi connectivity index (χ0v) is 13.7. The van der Waals surface area contributed by atoms with Crippen molar-refractivity contribution in [3.05, 3.63) is 53.3 Å². The van der Waals surface area contributed by atoms with E-state index in [0.29, 0.717) is 15.5 Å². The fourth-order valence-corrected chi connectivity index (χ4v) is 4.77. The number of hydrogen-bond donors (Lipinski definition) is 2. The zero-order chi connectivity index (χ0) is 15.9. The van der Waals surface area contributed by atoms with Gasteiger partial charge >= 0.3 is 0 Å². The first-order chi connectivity index (χ1) is 10.4. The topological polar surface area (TPSA) is 99.1 Å². The summed E-state index contributed by atoms with van der Waals surface area (Å²) >= 11 is 3.24. The van der Waals surface area contributed by atoms with Gasteiger partial charge in [0, 0.05) is 34.5 Å². The molecular formula is C15H12BrN3O2S. The van der Waals surface area contributed by atoms with Crippen molar-refractivity contribution in [2.45, 2.75) is 9.79 Å². The average molecular weight is 378 g/mol. The van der Waals surface area contributed by atoms with Crippen molar-refractivity contribution in [3.8, 4) is 0 Å². The Kier molecular flexibility index (Phi) is 3.54. The van der Waals surface area contributed by atoms with E-state index >= 15 is 0 Å². The smallest absolute Gasteiger partial charge is 0.208 e. The van der Waals surface area contributed by atoms with Crippen molar-refractivity contribution in [2.24, 2.45) is 0 Å². The van der Waals surface area contributed by atoms with Gasteiger partial charge in [-0.3, -0.25) is 4.98 Å². The molecule has 0 saturated heterocycles. The minimum Gasteiger partial charge on any atom is -0.399 e. The largest absolute Gasteiger partial charge is 0.399 e. The predicted molar refractivity (Wildman–Crippen MR) is 90.2 cm³/mol. The maximum atomic E-state index is 13.0. The van der Waals surface area contributed by atoms with Crippen LogP contribution in [0.4, 0.5) is 11.4 Å². The number of sulfone groups is 1. The van der Waals surface area contributed by atoms with Gasteiger partial charge in [0.1, 0.15) is 0 Å². The van der Waals surface area contributed by atoms with Crippen molar-refractivity contribution in [1.82, 2.24) is 4.98 Å². The molecule has 112 valence electrons. The first kappa shape index (κ1) is 14.8. The van der Waals surface area contributed by atoms with Crippen molar-refractivity contribution in [3.63, 3.8) is 0 Å². The second-order valence-corrected chi connectivity index (χ2v) is 7.46. The molecule has 0 saturated carbocycles. The molecule has 0 atom stereocenters. The molecule has 0 radical (unpaired) electrons. The number of halogens is 1. The third-order valence-corrected chi connectivity index (χ3v) is 6.29. The highest BCUT2D eigenvalue weighted by atomic mass is 79.9. The number of nitrogens with two attached hydrogens (primary N) is 2. The van der Waals surface area contributed by atoms with E-state index in [1.807, 2.05) is 6.07 Å². The van der Waals surface area contributed by atoms with E-state index < -0.39 is 9.84 Å². The Bertz CT molecular complexity index is 982. The van der Waals surface area contributed by atoms with Crippen molar-refractivity contribution in [1.29, 1.82) is 0 Å². The van der Waals surface area contributed by atoms with Crippen LogP contribution in [0.25, 0.3) is 10.8 Å². The Hall–Kier alpha value is -2.12. The molecule has 2 aromatic carbocycles.